The molecule has 0 aliphatic heterocycles. The molecule has 0 saturated carbocycles. The van der Waals surface area contributed by atoms with Crippen molar-refractivity contribution < 1.29 is 4.79 Å². The number of aromatic nitrogens is 1. The third kappa shape index (κ3) is 4.42. The Bertz CT molecular complexity index is 914. The number of nitrogens with zero attached hydrogens (tertiary/aromatic N) is 1. The third-order valence-electron chi connectivity index (χ3n) is 3.34. The van der Waals surface area contributed by atoms with Crippen molar-refractivity contribution in [3.8, 4) is 0 Å². The summed E-state index contributed by atoms with van der Waals surface area (Å²) < 4.78 is 0. The summed E-state index contributed by atoms with van der Waals surface area (Å²) >= 11 is 17.9. The van der Waals surface area contributed by atoms with Gasteiger partial charge in [-0.2, -0.15) is 0 Å². The van der Waals surface area contributed by atoms with Crippen molar-refractivity contribution in [2.45, 2.75) is 0 Å². The lowest BCUT2D eigenvalue weighted by molar-refractivity contribution is 0.102. The van der Waals surface area contributed by atoms with Crippen molar-refractivity contribution in [3.63, 3.8) is 0 Å². The molecule has 3 rings (SSSR count). The van der Waals surface area contributed by atoms with Crippen LogP contribution in [-0.2, 0) is 0 Å². The lowest BCUT2D eigenvalue weighted by Gasteiger charge is -2.09. The molecule has 0 saturated heterocycles. The molecule has 2 aromatic carbocycles. The summed E-state index contributed by atoms with van der Waals surface area (Å²) in [7, 11) is 0. The van der Waals surface area contributed by atoms with Gasteiger partial charge in [0.05, 0.1) is 32.6 Å². The van der Waals surface area contributed by atoms with E-state index in [0.29, 0.717) is 32.1 Å². The van der Waals surface area contributed by atoms with E-state index in [2.05, 4.69) is 15.6 Å². The van der Waals surface area contributed by atoms with E-state index in [1.54, 1.807) is 36.5 Å². The monoisotopic (exact) mass is 391 g/mol. The first-order valence-corrected chi connectivity index (χ1v) is 8.40. The smallest absolute Gasteiger partial charge is 0.255 e. The molecule has 2 N–H and O–H groups in total. The summed E-state index contributed by atoms with van der Waals surface area (Å²) in [5.74, 6) is 0.313. The molecule has 0 fully saturated rings. The number of amides is 1. The zero-order valence-corrected chi connectivity index (χ0v) is 15.0. The second-order valence-electron chi connectivity index (χ2n) is 5.12. The number of nitrogens with one attached hydrogen (secondary N) is 2. The third-order valence-corrected chi connectivity index (χ3v) is 4.41. The van der Waals surface area contributed by atoms with Crippen molar-refractivity contribution in [2.75, 3.05) is 10.6 Å². The predicted octanol–water partition coefficient (Wildman–Crippen LogP) is 6.04. The van der Waals surface area contributed by atoms with E-state index in [-0.39, 0.29) is 5.91 Å². The van der Waals surface area contributed by atoms with Crippen molar-refractivity contribution >= 4 is 57.9 Å². The normalized spacial score (nSPS) is 10.4. The molecule has 0 aliphatic rings. The second-order valence-corrected chi connectivity index (χ2v) is 6.34. The van der Waals surface area contributed by atoms with Gasteiger partial charge in [-0.25, -0.2) is 4.98 Å². The maximum Gasteiger partial charge on any atom is 0.255 e. The zero-order chi connectivity index (χ0) is 17.8. The van der Waals surface area contributed by atoms with Gasteiger partial charge in [-0.1, -0.05) is 46.9 Å². The second kappa shape index (κ2) is 7.74. The number of hydrogen-bond donors (Lipinski definition) is 2. The van der Waals surface area contributed by atoms with E-state index >= 15 is 0 Å². The molecule has 0 bridgehead atoms. The highest BCUT2D eigenvalue weighted by molar-refractivity contribution is 6.42. The van der Waals surface area contributed by atoms with Crippen LogP contribution in [0, 0.1) is 0 Å². The Hall–Kier alpha value is -2.27. The highest BCUT2D eigenvalue weighted by Crippen LogP contribution is 2.25. The highest BCUT2D eigenvalue weighted by Gasteiger charge is 2.09. The summed E-state index contributed by atoms with van der Waals surface area (Å²) in [6.45, 7) is 0. The van der Waals surface area contributed by atoms with Crippen LogP contribution in [-0.4, -0.2) is 10.9 Å². The lowest BCUT2D eigenvalue weighted by atomic mass is 10.2. The van der Waals surface area contributed by atoms with E-state index < -0.39 is 0 Å². The largest absolute Gasteiger partial charge is 0.339 e. The maximum absolute atomic E-state index is 12.2. The van der Waals surface area contributed by atoms with E-state index in [9.17, 15) is 4.79 Å². The van der Waals surface area contributed by atoms with Gasteiger partial charge in [-0.05, 0) is 42.5 Å². The van der Waals surface area contributed by atoms with Gasteiger partial charge in [0.1, 0.15) is 5.82 Å². The van der Waals surface area contributed by atoms with Gasteiger partial charge in [0.2, 0.25) is 0 Å². The number of para-hydroxylation sites is 1. The van der Waals surface area contributed by atoms with Gasteiger partial charge in [-0.3, -0.25) is 4.79 Å². The molecular weight excluding hydrogens is 381 g/mol. The molecule has 1 amide bonds. The molecule has 0 aliphatic carbocycles. The average molecular weight is 393 g/mol. The molecule has 25 heavy (non-hydrogen) atoms. The van der Waals surface area contributed by atoms with Gasteiger partial charge in [-0.15, -0.1) is 0 Å². The van der Waals surface area contributed by atoms with Crippen molar-refractivity contribution in [1.82, 2.24) is 4.98 Å². The summed E-state index contributed by atoms with van der Waals surface area (Å²) in [5, 5.41) is 7.18. The number of pyridine rings is 1. The van der Waals surface area contributed by atoms with Crippen LogP contribution in [0.3, 0.4) is 0 Å². The van der Waals surface area contributed by atoms with Crippen LogP contribution in [0.5, 0.6) is 0 Å². The molecule has 0 unspecified atom stereocenters. The zero-order valence-electron chi connectivity index (χ0n) is 12.8. The van der Waals surface area contributed by atoms with Crippen LogP contribution in [0.15, 0.2) is 60.8 Å². The molecule has 7 heteroatoms. The number of carbonyl (C=O) groups is 1. The van der Waals surface area contributed by atoms with Gasteiger partial charge < -0.3 is 10.6 Å². The molecule has 1 aromatic heterocycles. The van der Waals surface area contributed by atoms with Crippen molar-refractivity contribution in [3.05, 3.63) is 81.4 Å². The Morgan fingerprint density at radius 1 is 0.880 bits per heavy atom. The molecular formula is C18H12Cl3N3O. The standard InChI is InChI=1S/C18H12Cl3N3O/c19-13-7-5-11(9-15(13)21)18(25)23-12-6-8-17(22-10-12)24-16-4-2-1-3-14(16)20/h1-10H,(H,22,24)(H,23,25). The summed E-state index contributed by atoms with van der Waals surface area (Å²) in [4.78, 5) is 16.5. The molecule has 0 spiro atoms. The van der Waals surface area contributed by atoms with E-state index in [1.807, 2.05) is 18.2 Å². The van der Waals surface area contributed by atoms with Crippen molar-refractivity contribution in [1.29, 1.82) is 0 Å². The van der Waals surface area contributed by atoms with Crippen LogP contribution >= 0.6 is 34.8 Å². The fourth-order valence-electron chi connectivity index (χ4n) is 2.08. The summed E-state index contributed by atoms with van der Waals surface area (Å²) in [6.07, 6.45) is 1.55. The summed E-state index contributed by atoms with van der Waals surface area (Å²) in [6, 6.07) is 15.5. The van der Waals surface area contributed by atoms with Gasteiger partial charge in [0.25, 0.3) is 5.91 Å². The Morgan fingerprint density at radius 2 is 1.68 bits per heavy atom. The minimum absolute atomic E-state index is 0.299. The fourth-order valence-corrected chi connectivity index (χ4v) is 2.56. The number of halogens is 3. The first-order valence-electron chi connectivity index (χ1n) is 7.27. The molecule has 0 radical (unpaired) electrons. The maximum atomic E-state index is 12.2. The number of anilines is 3. The Morgan fingerprint density at radius 3 is 2.36 bits per heavy atom. The van der Waals surface area contributed by atoms with Crippen LogP contribution in [0.4, 0.5) is 17.2 Å². The van der Waals surface area contributed by atoms with Crippen LogP contribution < -0.4 is 10.6 Å². The Kier molecular flexibility index (Phi) is 5.43. The van der Waals surface area contributed by atoms with Gasteiger partial charge >= 0.3 is 0 Å². The van der Waals surface area contributed by atoms with Crippen molar-refractivity contribution in [2.24, 2.45) is 0 Å². The SMILES string of the molecule is O=C(Nc1ccc(Nc2ccccc2Cl)nc1)c1ccc(Cl)c(Cl)c1. The number of benzene rings is 2. The Labute approximate surface area is 159 Å². The predicted molar refractivity (Wildman–Crippen MR) is 103 cm³/mol. The minimum atomic E-state index is -0.299. The first kappa shape index (κ1) is 17.5. The van der Waals surface area contributed by atoms with Crippen LogP contribution in [0.1, 0.15) is 10.4 Å². The number of carbonyl (C=O) groups excluding carboxylic acids is 1. The highest BCUT2D eigenvalue weighted by atomic mass is 35.5. The Balaban J connectivity index is 1.69. The van der Waals surface area contributed by atoms with Gasteiger partial charge in [0.15, 0.2) is 0 Å². The lowest BCUT2D eigenvalue weighted by Crippen LogP contribution is -2.12. The quantitative estimate of drug-likeness (QED) is 0.569. The number of rotatable bonds is 4. The molecule has 126 valence electrons. The molecule has 0 atom stereocenters. The first-order chi connectivity index (χ1) is 12.0. The molecule has 1 heterocycles. The van der Waals surface area contributed by atoms with E-state index in [0.717, 1.165) is 5.69 Å². The van der Waals surface area contributed by atoms with Gasteiger partial charge in [0, 0.05) is 5.56 Å². The minimum Gasteiger partial charge on any atom is -0.339 e. The average Bonchev–Trinajstić information content (AvgIpc) is 2.61. The molecule has 4 nitrogen and oxygen atoms in total. The fraction of sp³-hybridized carbons (Fsp3) is 0. The van der Waals surface area contributed by atoms with Crippen LogP contribution in [0.25, 0.3) is 0 Å². The van der Waals surface area contributed by atoms with E-state index in [1.165, 1.54) is 6.07 Å². The number of hydrogen-bond acceptors (Lipinski definition) is 3. The summed E-state index contributed by atoms with van der Waals surface area (Å²) in [5.41, 5.74) is 1.72. The van der Waals surface area contributed by atoms with Crippen LogP contribution in [0.2, 0.25) is 15.1 Å². The molecule has 3 aromatic rings. The topological polar surface area (TPSA) is 54.0 Å². The van der Waals surface area contributed by atoms with E-state index in [4.69, 9.17) is 34.8 Å².